The largest absolute Gasteiger partial charge is 0.469 e. The molecule has 1 aliphatic heterocycles. The van der Waals surface area contributed by atoms with Gasteiger partial charge in [0.2, 0.25) is 0 Å². The number of amides is 1. The molecular formula is C13H17F3N2O2. The van der Waals surface area contributed by atoms with Crippen LogP contribution in [0.25, 0.3) is 0 Å². The van der Waals surface area contributed by atoms with Crippen LogP contribution in [0.15, 0.2) is 16.7 Å². The summed E-state index contributed by atoms with van der Waals surface area (Å²) in [5.41, 5.74) is 0.392. The van der Waals surface area contributed by atoms with Crippen molar-refractivity contribution in [3.05, 3.63) is 23.7 Å². The third-order valence-electron chi connectivity index (χ3n) is 3.53. The highest BCUT2D eigenvalue weighted by atomic mass is 19.4. The van der Waals surface area contributed by atoms with E-state index in [1.54, 1.807) is 13.0 Å². The Bertz CT molecular complexity index is 484. The summed E-state index contributed by atoms with van der Waals surface area (Å²) in [5, 5.41) is 2.74. The smallest absolute Gasteiger partial charge is 0.404 e. The van der Waals surface area contributed by atoms with Crippen LogP contribution >= 0.6 is 0 Å². The molecule has 0 radical (unpaired) electrons. The number of carbonyl (C=O) groups is 1. The SMILES string of the molecule is Cc1cc(C(=O)N[C@H]2CC[C@H](C(F)(F)F)N(C)C2)co1. The second-order valence-electron chi connectivity index (χ2n) is 5.19. The Hall–Kier alpha value is -1.50. The van der Waals surface area contributed by atoms with E-state index in [0.29, 0.717) is 17.7 Å². The van der Waals surface area contributed by atoms with Crippen molar-refractivity contribution in [2.45, 2.75) is 38.0 Å². The van der Waals surface area contributed by atoms with E-state index in [1.807, 2.05) is 0 Å². The van der Waals surface area contributed by atoms with Crippen LogP contribution in [0.4, 0.5) is 13.2 Å². The predicted octanol–water partition coefficient (Wildman–Crippen LogP) is 2.34. The van der Waals surface area contributed by atoms with Gasteiger partial charge in [-0.2, -0.15) is 13.2 Å². The second-order valence-corrected chi connectivity index (χ2v) is 5.19. The van der Waals surface area contributed by atoms with Crippen molar-refractivity contribution in [1.29, 1.82) is 0 Å². The number of carbonyl (C=O) groups excluding carboxylic acids is 1. The predicted molar refractivity (Wildman–Crippen MR) is 66.4 cm³/mol. The zero-order valence-corrected chi connectivity index (χ0v) is 11.3. The van der Waals surface area contributed by atoms with Gasteiger partial charge in [0.05, 0.1) is 5.56 Å². The summed E-state index contributed by atoms with van der Waals surface area (Å²) in [5.74, 6) is 0.304. The quantitative estimate of drug-likeness (QED) is 0.909. The number of piperidine rings is 1. The molecule has 1 amide bonds. The summed E-state index contributed by atoms with van der Waals surface area (Å²) in [6.07, 6.45) is -2.56. The number of hydrogen-bond donors (Lipinski definition) is 1. The molecule has 4 nitrogen and oxygen atoms in total. The molecule has 0 aliphatic carbocycles. The fourth-order valence-electron chi connectivity index (χ4n) is 2.51. The molecule has 2 atom stereocenters. The number of hydrogen-bond acceptors (Lipinski definition) is 3. The Morgan fingerprint density at radius 2 is 2.15 bits per heavy atom. The molecule has 1 N–H and O–H groups in total. The fraction of sp³-hybridized carbons (Fsp3) is 0.615. The van der Waals surface area contributed by atoms with Gasteiger partial charge in [0.25, 0.3) is 5.91 Å². The van der Waals surface area contributed by atoms with Crippen molar-refractivity contribution in [3.8, 4) is 0 Å². The third kappa shape index (κ3) is 3.33. The molecule has 0 spiro atoms. The first-order chi connectivity index (χ1) is 9.27. The van der Waals surface area contributed by atoms with Gasteiger partial charge in [0.1, 0.15) is 18.1 Å². The van der Waals surface area contributed by atoms with Crippen molar-refractivity contribution in [2.75, 3.05) is 13.6 Å². The fourth-order valence-corrected chi connectivity index (χ4v) is 2.51. The lowest BCUT2D eigenvalue weighted by molar-refractivity contribution is -0.188. The molecule has 2 heterocycles. The molecule has 1 fully saturated rings. The van der Waals surface area contributed by atoms with Gasteiger partial charge in [-0.15, -0.1) is 0 Å². The average Bonchev–Trinajstić information content (AvgIpc) is 2.74. The van der Waals surface area contributed by atoms with Crippen LogP contribution in [0, 0.1) is 6.92 Å². The Labute approximate surface area is 114 Å². The van der Waals surface area contributed by atoms with E-state index in [2.05, 4.69) is 5.32 Å². The number of aryl methyl sites for hydroxylation is 1. The summed E-state index contributed by atoms with van der Waals surface area (Å²) >= 11 is 0. The highest BCUT2D eigenvalue weighted by molar-refractivity contribution is 5.94. The topological polar surface area (TPSA) is 45.5 Å². The summed E-state index contributed by atoms with van der Waals surface area (Å²) in [6.45, 7) is 1.91. The second kappa shape index (κ2) is 5.47. The molecule has 2 rings (SSSR count). The van der Waals surface area contributed by atoms with Gasteiger partial charge < -0.3 is 9.73 Å². The molecule has 1 aromatic heterocycles. The Morgan fingerprint density at radius 3 is 2.65 bits per heavy atom. The van der Waals surface area contributed by atoms with Crippen molar-refractivity contribution >= 4 is 5.91 Å². The maximum absolute atomic E-state index is 12.7. The normalized spacial score (nSPS) is 24.6. The number of nitrogens with zero attached hydrogens (tertiary/aromatic N) is 1. The number of likely N-dealkylation sites (N-methyl/N-ethyl adjacent to an activating group) is 1. The first kappa shape index (κ1) is 14.9. The van der Waals surface area contributed by atoms with Crippen molar-refractivity contribution in [2.24, 2.45) is 0 Å². The molecule has 7 heteroatoms. The minimum Gasteiger partial charge on any atom is -0.469 e. The van der Waals surface area contributed by atoms with Crippen LogP contribution in [0.2, 0.25) is 0 Å². The summed E-state index contributed by atoms with van der Waals surface area (Å²) in [6, 6.07) is -0.103. The monoisotopic (exact) mass is 290 g/mol. The first-order valence-corrected chi connectivity index (χ1v) is 6.40. The Balaban J connectivity index is 1.92. The lowest BCUT2D eigenvalue weighted by Crippen LogP contribution is -2.54. The minimum atomic E-state index is -4.22. The molecule has 112 valence electrons. The van der Waals surface area contributed by atoms with Crippen LogP contribution in [0.1, 0.15) is 29.0 Å². The van der Waals surface area contributed by atoms with Crippen molar-refractivity contribution in [3.63, 3.8) is 0 Å². The maximum Gasteiger partial charge on any atom is 0.404 e. The van der Waals surface area contributed by atoms with Gasteiger partial charge in [-0.1, -0.05) is 0 Å². The highest BCUT2D eigenvalue weighted by Crippen LogP contribution is 2.30. The molecule has 0 saturated carbocycles. The van der Waals surface area contributed by atoms with E-state index in [9.17, 15) is 18.0 Å². The van der Waals surface area contributed by atoms with E-state index in [-0.39, 0.29) is 24.9 Å². The molecule has 1 aliphatic rings. The molecule has 0 unspecified atom stereocenters. The van der Waals surface area contributed by atoms with Gasteiger partial charge >= 0.3 is 6.18 Å². The molecule has 0 aromatic carbocycles. The van der Waals surface area contributed by atoms with Crippen molar-refractivity contribution < 1.29 is 22.4 Å². The summed E-state index contributed by atoms with van der Waals surface area (Å²) in [7, 11) is 1.43. The summed E-state index contributed by atoms with van der Waals surface area (Å²) < 4.78 is 43.2. The Kier molecular flexibility index (Phi) is 4.08. The van der Waals surface area contributed by atoms with Gasteiger partial charge in [-0.05, 0) is 32.9 Å². The number of furan rings is 1. The highest BCUT2D eigenvalue weighted by Gasteiger charge is 2.44. The van der Waals surface area contributed by atoms with Gasteiger partial charge in [-0.3, -0.25) is 9.69 Å². The zero-order valence-electron chi connectivity index (χ0n) is 11.3. The zero-order chi connectivity index (χ0) is 14.9. The molecule has 0 bridgehead atoms. The molecule has 20 heavy (non-hydrogen) atoms. The summed E-state index contributed by atoms with van der Waals surface area (Å²) in [4.78, 5) is 13.1. The van der Waals surface area contributed by atoms with Crippen LogP contribution in [0.5, 0.6) is 0 Å². The first-order valence-electron chi connectivity index (χ1n) is 6.40. The van der Waals surface area contributed by atoms with Gasteiger partial charge in [0, 0.05) is 12.6 Å². The molecule has 1 aromatic rings. The van der Waals surface area contributed by atoms with Crippen LogP contribution in [-0.2, 0) is 0 Å². The van der Waals surface area contributed by atoms with E-state index in [0.717, 1.165) is 0 Å². The van der Waals surface area contributed by atoms with E-state index < -0.39 is 12.2 Å². The number of alkyl halides is 3. The lowest BCUT2D eigenvalue weighted by atomic mass is 9.98. The van der Waals surface area contributed by atoms with Crippen LogP contribution < -0.4 is 5.32 Å². The third-order valence-corrected chi connectivity index (χ3v) is 3.53. The van der Waals surface area contributed by atoms with Crippen LogP contribution in [0.3, 0.4) is 0 Å². The standard InChI is InChI=1S/C13H17F3N2O2/c1-8-5-9(7-20-8)12(19)17-10-3-4-11(13(14,15)16)18(2)6-10/h5,7,10-11H,3-4,6H2,1-2H3,(H,17,19)/t10-,11+/m0/s1. The minimum absolute atomic E-state index is 0.00460. The lowest BCUT2D eigenvalue weighted by Gasteiger charge is -2.38. The number of nitrogens with one attached hydrogen (secondary N) is 1. The maximum atomic E-state index is 12.7. The van der Waals surface area contributed by atoms with Crippen LogP contribution in [-0.4, -0.2) is 42.7 Å². The average molecular weight is 290 g/mol. The molecular weight excluding hydrogens is 273 g/mol. The number of halogens is 3. The Morgan fingerprint density at radius 1 is 1.45 bits per heavy atom. The van der Waals surface area contributed by atoms with Gasteiger partial charge in [-0.25, -0.2) is 0 Å². The molecule has 1 saturated heterocycles. The number of likely N-dealkylation sites (tertiary alicyclic amines) is 1. The van der Waals surface area contributed by atoms with Crippen molar-refractivity contribution in [1.82, 2.24) is 10.2 Å². The number of rotatable bonds is 2. The van der Waals surface area contributed by atoms with E-state index in [1.165, 1.54) is 18.2 Å². The van der Waals surface area contributed by atoms with Gasteiger partial charge in [0.15, 0.2) is 0 Å². The van der Waals surface area contributed by atoms with E-state index >= 15 is 0 Å². The van der Waals surface area contributed by atoms with E-state index in [4.69, 9.17) is 4.42 Å².